The summed E-state index contributed by atoms with van der Waals surface area (Å²) in [6.45, 7) is 3.82. The van der Waals surface area contributed by atoms with Crippen LogP contribution in [0.5, 0.6) is 0 Å². The lowest BCUT2D eigenvalue weighted by atomic mass is 10.0. The van der Waals surface area contributed by atoms with Crippen molar-refractivity contribution < 1.29 is 15.0 Å². The van der Waals surface area contributed by atoms with E-state index < -0.39 is 6.09 Å². The first-order chi connectivity index (χ1) is 5.06. The van der Waals surface area contributed by atoms with E-state index in [4.69, 9.17) is 10.2 Å². The van der Waals surface area contributed by atoms with Crippen molar-refractivity contribution in [2.24, 2.45) is 5.92 Å². The Morgan fingerprint density at radius 3 is 2.36 bits per heavy atom. The molecule has 0 spiro atoms. The van der Waals surface area contributed by atoms with Crippen LogP contribution in [0, 0.1) is 5.92 Å². The van der Waals surface area contributed by atoms with Gasteiger partial charge >= 0.3 is 6.09 Å². The molecule has 4 nitrogen and oxygen atoms in total. The Balaban J connectivity index is 3.66. The molecule has 66 valence electrons. The van der Waals surface area contributed by atoms with Crippen LogP contribution < -0.4 is 5.32 Å². The Hall–Kier alpha value is -0.770. The number of nitrogens with one attached hydrogen (secondary N) is 1. The predicted molar refractivity (Wildman–Crippen MR) is 41.5 cm³/mol. The number of aliphatic hydroxyl groups excluding tert-OH is 1. The highest BCUT2D eigenvalue weighted by atomic mass is 16.4. The van der Waals surface area contributed by atoms with E-state index in [0.717, 1.165) is 0 Å². The summed E-state index contributed by atoms with van der Waals surface area (Å²) in [5.74, 6) is 0.388. The minimum absolute atomic E-state index is 0.134. The van der Waals surface area contributed by atoms with Gasteiger partial charge in [0.2, 0.25) is 0 Å². The van der Waals surface area contributed by atoms with E-state index in [9.17, 15) is 4.79 Å². The van der Waals surface area contributed by atoms with Crippen LogP contribution in [0.2, 0.25) is 0 Å². The van der Waals surface area contributed by atoms with E-state index in [1.807, 2.05) is 13.8 Å². The normalized spacial score (nSPS) is 13.1. The Labute approximate surface area is 66.2 Å². The van der Waals surface area contributed by atoms with E-state index in [-0.39, 0.29) is 12.6 Å². The zero-order valence-electron chi connectivity index (χ0n) is 6.87. The molecule has 11 heavy (non-hydrogen) atoms. The lowest BCUT2D eigenvalue weighted by Crippen LogP contribution is -2.37. The van der Waals surface area contributed by atoms with Gasteiger partial charge in [0, 0.05) is 0 Å². The van der Waals surface area contributed by atoms with Gasteiger partial charge in [-0.1, -0.05) is 13.8 Å². The van der Waals surface area contributed by atoms with Gasteiger partial charge in [-0.3, -0.25) is 0 Å². The van der Waals surface area contributed by atoms with Crippen molar-refractivity contribution in [1.82, 2.24) is 5.32 Å². The number of aliphatic hydroxyl groups is 1. The summed E-state index contributed by atoms with van der Waals surface area (Å²) in [5, 5.41) is 19.2. The van der Waals surface area contributed by atoms with Crippen molar-refractivity contribution in [3.05, 3.63) is 0 Å². The van der Waals surface area contributed by atoms with E-state index in [2.05, 4.69) is 5.32 Å². The van der Waals surface area contributed by atoms with Crippen LogP contribution >= 0.6 is 0 Å². The van der Waals surface area contributed by atoms with Crippen molar-refractivity contribution in [1.29, 1.82) is 0 Å². The molecule has 0 heterocycles. The topological polar surface area (TPSA) is 69.6 Å². The van der Waals surface area contributed by atoms with Gasteiger partial charge in [0.05, 0.1) is 12.6 Å². The molecule has 1 amide bonds. The number of rotatable bonds is 4. The summed E-state index contributed by atoms with van der Waals surface area (Å²) in [6, 6.07) is -0.326. The minimum Gasteiger partial charge on any atom is -0.465 e. The van der Waals surface area contributed by atoms with Crippen LogP contribution in [0.1, 0.15) is 20.3 Å². The van der Waals surface area contributed by atoms with Crippen LogP contribution in [-0.4, -0.2) is 29.0 Å². The predicted octanol–water partition coefficient (Wildman–Crippen LogP) is 0.661. The molecule has 0 bridgehead atoms. The quantitative estimate of drug-likeness (QED) is 0.567. The third-order valence-corrected chi connectivity index (χ3v) is 1.30. The zero-order valence-corrected chi connectivity index (χ0v) is 6.87. The van der Waals surface area contributed by atoms with Crippen LogP contribution in [0.25, 0.3) is 0 Å². The third-order valence-electron chi connectivity index (χ3n) is 1.30. The number of amides is 1. The highest BCUT2D eigenvalue weighted by molar-refractivity contribution is 5.64. The molecule has 3 N–H and O–H groups in total. The smallest absolute Gasteiger partial charge is 0.404 e. The summed E-state index contributed by atoms with van der Waals surface area (Å²) < 4.78 is 0. The second kappa shape index (κ2) is 4.96. The van der Waals surface area contributed by atoms with Crippen LogP contribution in [0.3, 0.4) is 0 Å². The Bertz CT molecular complexity index is 125. The maximum absolute atomic E-state index is 10.1. The molecule has 0 fully saturated rings. The van der Waals surface area contributed by atoms with Gasteiger partial charge in [0.15, 0.2) is 0 Å². The molecule has 0 saturated carbocycles. The van der Waals surface area contributed by atoms with Crippen LogP contribution in [0.15, 0.2) is 0 Å². The number of hydrogen-bond donors (Lipinski definition) is 3. The molecule has 0 radical (unpaired) electrons. The first-order valence-corrected chi connectivity index (χ1v) is 3.66. The van der Waals surface area contributed by atoms with Gasteiger partial charge in [0.1, 0.15) is 0 Å². The van der Waals surface area contributed by atoms with Gasteiger partial charge in [-0.05, 0) is 12.3 Å². The van der Waals surface area contributed by atoms with E-state index >= 15 is 0 Å². The fraction of sp³-hybridized carbons (Fsp3) is 0.857. The fourth-order valence-electron chi connectivity index (χ4n) is 0.923. The van der Waals surface area contributed by atoms with Gasteiger partial charge in [-0.2, -0.15) is 0 Å². The second-order valence-corrected chi connectivity index (χ2v) is 2.96. The number of carbonyl (C=O) groups is 1. The maximum atomic E-state index is 10.1. The molecule has 1 atom stereocenters. The SMILES string of the molecule is CC(C)CC(CO)NC(=O)O. The molecule has 0 saturated heterocycles. The van der Waals surface area contributed by atoms with Gasteiger partial charge in [-0.15, -0.1) is 0 Å². The van der Waals surface area contributed by atoms with E-state index in [1.54, 1.807) is 0 Å². The molecule has 0 rings (SSSR count). The van der Waals surface area contributed by atoms with Crippen molar-refractivity contribution in [2.75, 3.05) is 6.61 Å². The van der Waals surface area contributed by atoms with Crippen molar-refractivity contribution in [2.45, 2.75) is 26.3 Å². The first kappa shape index (κ1) is 10.2. The fourth-order valence-corrected chi connectivity index (χ4v) is 0.923. The Morgan fingerprint density at radius 1 is 1.55 bits per heavy atom. The molecule has 0 aliphatic carbocycles. The monoisotopic (exact) mass is 161 g/mol. The summed E-state index contributed by atoms with van der Waals surface area (Å²) in [7, 11) is 0. The summed E-state index contributed by atoms with van der Waals surface area (Å²) in [4.78, 5) is 10.1. The van der Waals surface area contributed by atoms with Crippen LogP contribution in [-0.2, 0) is 0 Å². The standard InChI is InChI=1S/C7H15NO3/c1-5(2)3-6(4-9)8-7(10)11/h5-6,8-9H,3-4H2,1-2H3,(H,10,11). The van der Waals surface area contributed by atoms with E-state index in [0.29, 0.717) is 12.3 Å². The lowest BCUT2D eigenvalue weighted by Gasteiger charge is -2.15. The third kappa shape index (κ3) is 5.66. The average molecular weight is 161 g/mol. The van der Waals surface area contributed by atoms with E-state index in [1.165, 1.54) is 0 Å². The molecule has 0 aromatic carbocycles. The molecule has 4 heteroatoms. The highest BCUT2D eigenvalue weighted by Gasteiger charge is 2.11. The second-order valence-electron chi connectivity index (χ2n) is 2.96. The molecule has 0 aliphatic rings. The molecule has 0 aliphatic heterocycles. The maximum Gasteiger partial charge on any atom is 0.404 e. The summed E-state index contributed by atoms with van der Waals surface area (Å²) in [6.07, 6.45) is -0.410. The van der Waals surface area contributed by atoms with Gasteiger partial charge in [-0.25, -0.2) is 4.79 Å². The van der Waals surface area contributed by atoms with Gasteiger partial charge < -0.3 is 15.5 Å². The van der Waals surface area contributed by atoms with Crippen molar-refractivity contribution in [3.63, 3.8) is 0 Å². The molecule has 0 aromatic rings. The summed E-state index contributed by atoms with van der Waals surface area (Å²) in [5.41, 5.74) is 0. The van der Waals surface area contributed by atoms with Crippen LogP contribution in [0.4, 0.5) is 4.79 Å². The molecular formula is C7H15NO3. The van der Waals surface area contributed by atoms with Crippen molar-refractivity contribution in [3.8, 4) is 0 Å². The Morgan fingerprint density at radius 2 is 2.09 bits per heavy atom. The average Bonchev–Trinajstić information content (AvgIpc) is 1.84. The Kier molecular flexibility index (Phi) is 4.61. The summed E-state index contributed by atoms with van der Waals surface area (Å²) >= 11 is 0. The molecular weight excluding hydrogens is 146 g/mol. The zero-order chi connectivity index (χ0) is 8.85. The number of hydrogen-bond acceptors (Lipinski definition) is 2. The lowest BCUT2D eigenvalue weighted by molar-refractivity contribution is 0.172. The largest absolute Gasteiger partial charge is 0.465 e. The molecule has 1 unspecified atom stereocenters. The van der Waals surface area contributed by atoms with Gasteiger partial charge in [0.25, 0.3) is 0 Å². The highest BCUT2D eigenvalue weighted by Crippen LogP contribution is 2.03. The first-order valence-electron chi connectivity index (χ1n) is 3.66. The van der Waals surface area contributed by atoms with Crippen molar-refractivity contribution >= 4 is 6.09 Å². The molecule has 0 aromatic heterocycles. The number of carboxylic acid groups (broad SMARTS) is 1. The minimum atomic E-state index is -1.08.